The Morgan fingerprint density at radius 1 is 0.957 bits per heavy atom. The second-order valence-electron chi connectivity index (χ2n) is 5.94. The Morgan fingerprint density at radius 2 is 1.65 bits per heavy atom. The zero-order chi connectivity index (χ0) is 16.0. The maximum atomic E-state index is 12.5. The van der Waals surface area contributed by atoms with Crippen LogP contribution >= 0.6 is 0 Å². The Hall–Kier alpha value is -2.82. The number of hydrogen-bond acceptors (Lipinski definition) is 4. The van der Waals surface area contributed by atoms with Crippen molar-refractivity contribution in [1.82, 2.24) is 4.90 Å². The predicted octanol–water partition coefficient (Wildman–Crippen LogP) is 2.28. The van der Waals surface area contributed by atoms with Crippen molar-refractivity contribution in [2.45, 2.75) is 12.8 Å². The summed E-state index contributed by atoms with van der Waals surface area (Å²) in [6, 6.07) is 12.8. The van der Waals surface area contributed by atoms with E-state index >= 15 is 0 Å². The van der Waals surface area contributed by atoms with Gasteiger partial charge in [-0.1, -0.05) is 18.2 Å². The van der Waals surface area contributed by atoms with Gasteiger partial charge in [0.25, 0.3) is 11.8 Å². The zero-order valence-electron chi connectivity index (χ0n) is 12.7. The molecule has 0 atom stereocenters. The van der Waals surface area contributed by atoms with E-state index in [0.717, 1.165) is 36.3 Å². The quantitative estimate of drug-likeness (QED) is 0.683. The topological polar surface area (TPSA) is 66.6 Å². The summed E-state index contributed by atoms with van der Waals surface area (Å²) in [5.74, 6) is -0.441. The third kappa shape index (κ3) is 2.08. The highest BCUT2D eigenvalue weighted by Crippen LogP contribution is 2.32. The lowest BCUT2D eigenvalue weighted by Crippen LogP contribution is -2.43. The Kier molecular flexibility index (Phi) is 3.08. The van der Waals surface area contributed by atoms with Crippen LogP contribution in [0.4, 0.5) is 11.4 Å². The maximum absolute atomic E-state index is 12.5. The van der Waals surface area contributed by atoms with Crippen LogP contribution in [0.3, 0.4) is 0 Å². The SMILES string of the molecule is Nc1cccc2c1CCCN2CN1C(=O)c2ccccc2C1=O. The molecule has 2 N–H and O–H groups in total. The number of imide groups is 1. The van der Waals surface area contributed by atoms with Gasteiger partial charge in [0, 0.05) is 17.9 Å². The van der Waals surface area contributed by atoms with E-state index in [1.54, 1.807) is 24.3 Å². The highest BCUT2D eigenvalue weighted by atomic mass is 16.2. The first-order valence-corrected chi connectivity index (χ1v) is 7.74. The van der Waals surface area contributed by atoms with Crippen LogP contribution < -0.4 is 10.6 Å². The van der Waals surface area contributed by atoms with Crippen molar-refractivity contribution in [3.05, 3.63) is 59.2 Å². The molecule has 5 heteroatoms. The van der Waals surface area contributed by atoms with Crippen molar-refractivity contribution in [2.75, 3.05) is 23.8 Å². The highest BCUT2D eigenvalue weighted by Gasteiger charge is 2.36. The van der Waals surface area contributed by atoms with Crippen LogP contribution in [0.15, 0.2) is 42.5 Å². The van der Waals surface area contributed by atoms with E-state index in [0.29, 0.717) is 11.1 Å². The molecular formula is C18H17N3O2. The van der Waals surface area contributed by atoms with Gasteiger partial charge in [0.2, 0.25) is 0 Å². The van der Waals surface area contributed by atoms with E-state index in [9.17, 15) is 9.59 Å². The number of carbonyl (C=O) groups is 2. The third-order valence-corrected chi connectivity index (χ3v) is 4.57. The molecule has 0 fully saturated rings. The molecule has 0 aliphatic carbocycles. The fourth-order valence-electron chi connectivity index (χ4n) is 3.41. The largest absolute Gasteiger partial charge is 0.398 e. The molecule has 23 heavy (non-hydrogen) atoms. The third-order valence-electron chi connectivity index (χ3n) is 4.57. The van der Waals surface area contributed by atoms with Gasteiger partial charge >= 0.3 is 0 Å². The average Bonchev–Trinajstić information content (AvgIpc) is 2.81. The fraction of sp³-hybridized carbons (Fsp3) is 0.222. The summed E-state index contributed by atoms with van der Waals surface area (Å²) >= 11 is 0. The number of nitrogens with zero attached hydrogens (tertiary/aromatic N) is 2. The van der Waals surface area contributed by atoms with E-state index in [-0.39, 0.29) is 18.5 Å². The number of benzene rings is 2. The number of carbonyl (C=O) groups excluding carboxylic acids is 2. The molecule has 0 saturated carbocycles. The van der Waals surface area contributed by atoms with Gasteiger partial charge in [-0.05, 0) is 42.7 Å². The second kappa shape index (κ2) is 5.12. The van der Waals surface area contributed by atoms with E-state index in [4.69, 9.17) is 5.73 Å². The minimum atomic E-state index is -0.221. The molecule has 2 amide bonds. The molecule has 0 bridgehead atoms. The molecule has 2 aliphatic rings. The number of fused-ring (bicyclic) bond motifs is 2. The molecule has 0 saturated heterocycles. The number of rotatable bonds is 2. The number of nitrogens with two attached hydrogens (primary N) is 1. The molecule has 2 aromatic rings. The number of anilines is 2. The minimum absolute atomic E-state index is 0.221. The van der Waals surface area contributed by atoms with E-state index in [1.807, 2.05) is 18.2 Å². The number of amides is 2. The van der Waals surface area contributed by atoms with Crippen LogP contribution in [0.5, 0.6) is 0 Å². The summed E-state index contributed by atoms with van der Waals surface area (Å²) in [5, 5.41) is 0. The number of hydrogen-bond donors (Lipinski definition) is 1. The van der Waals surface area contributed by atoms with Crippen molar-refractivity contribution < 1.29 is 9.59 Å². The van der Waals surface area contributed by atoms with Gasteiger partial charge < -0.3 is 10.6 Å². The summed E-state index contributed by atoms with van der Waals surface area (Å²) in [5.41, 5.74) is 9.94. The zero-order valence-corrected chi connectivity index (χ0v) is 12.7. The lowest BCUT2D eigenvalue weighted by Gasteiger charge is -2.34. The molecule has 2 aliphatic heterocycles. The Balaban J connectivity index is 1.65. The lowest BCUT2D eigenvalue weighted by atomic mass is 10.0. The van der Waals surface area contributed by atoms with E-state index in [2.05, 4.69) is 4.90 Å². The first-order valence-electron chi connectivity index (χ1n) is 7.74. The van der Waals surface area contributed by atoms with Crippen LogP contribution in [0.2, 0.25) is 0 Å². The van der Waals surface area contributed by atoms with Gasteiger partial charge in [0.15, 0.2) is 0 Å². The Labute approximate surface area is 134 Å². The molecule has 0 radical (unpaired) electrons. The minimum Gasteiger partial charge on any atom is -0.398 e. The van der Waals surface area contributed by atoms with Gasteiger partial charge in [-0.2, -0.15) is 0 Å². The molecule has 4 rings (SSSR count). The number of nitrogen functional groups attached to an aromatic ring is 1. The van der Waals surface area contributed by atoms with Crippen molar-refractivity contribution in [1.29, 1.82) is 0 Å². The highest BCUT2D eigenvalue weighted by molar-refractivity contribution is 6.21. The second-order valence-corrected chi connectivity index (χ2v) is 5.94. The van der Waals surface area contributed by atoms with Crippen molar-refractivity contribution in [3.8, 4) is 0 Å². The summed E-state index contributed by atoms with van der Waals surface area (Å²) in [7, 11) is 0. The van der Waals surface area contributed by atoms with Gasteiger partial charge in [-0.15, -0.1) is 0 Å². The summed E-state index contributed by atoms with van der Waals surface area (Å²) in [6.07, 6.45) is 1.89. The molecule has 5 nitrogen and oxygen atoms in total. The summed E-state index contributed by atoms with van der Waals surface area (Å²) in [6.45, 7) is 1.08. The van der Waals surface area contributed by atoms with Crippen LogP contribution in [0.25, 0.3) is 0 Å². The van der Waals surface area contributed by atoms with Gasteiger partial charge in [-0.3, -0.25) is 14.5 Å². The Bertz CT molecular complexity index is 781. The molecule has 2 aromatic carbocycles. The Morgan fingerprint density at radius 3 is 2.35 bits per heavy atom. The van der Waals surface area contributed by atoms with Crippen LogP contribution in [0.1, 0.15) is 32.7 Å². The summed E-state index contributed by atoms with van der Waals surface area (Å²) < 4.78 is 0. The van der Waals surface area contributed by atoms with Crippen molar-refractivity contribution in [2.24, 2.45) is 0 Å². The van der Waals surface area contributed by atoms with Gasteiger partial charge in [-0.25, -0.2) is 0 Å². The lowest BCUT2D eigenvalue weighted by molar-refractivity contribution is 0.0653. The van der Waals surface area contributed by atoms with Crippen LogP contribution in [0, 0.1) is 0 Å². The first-order chi connectivity index (χ1) is 11.2. The monoisotopic (exact) mass is 307 g/mol. The maximum Gasteiger partial charge on any atom is 0.263 e. The molecule has 0 aromatic heterocycles. The average molecular weight is 307 g/mol. The van der Waals surface area contributed by atoms with Gasteiger partial charge in [0.1, 0.15) is 6.67 Å². The van der Waals surface area contributed by atoms with Gasteiger partial charge in [0.05, 0.1) is 11.1 Å². The molecule has 2 heterocycles. The molecule has 116 valence electrons. The molecule has 0 spiro atoms. The van der Waals surface area contributed by atoms with E-state index in [1.165, 1.54) is 4.90 Å². The van der Waals surface area contributed by atoms with Crippen LogP contribution in [-0.4, -0.2) is 29.9 Å². The smallest absolute Gasteiger partial charge is 0.263 e. The van der Waals surface area contributed by atoms with E-state index < -0.39 is 0 Å². The van der Waals surface area contributed by atoms with Crippen LogP contribution in [-0.2, 0) is 6.42 Å². The van der Waals surface area contributed by atoms with Crippen molar-refractivity contribution in [3.63, 3.8) is 0 Å². The normalized spacial score (nSPS) is 16.5. The molecular weight excluding hydrogens is 290 g/mol. The first kappa shape index (κ1) is 13.8. The predicted molar refractivity (Wildman–Crippen MR) is 88.3 cm³/mol. The summed E-state index contributed by atoms with van der Waals surface area (Å²) in [4.78, 5) is 28.4. The fourth-order valence-corrected chi connectivity index (χ4v) is 3.41. The standard InChI is InChI=1S/C18H17N3O2/c19-15-8-3-9-16-14(15)7-4-10-20(16)11-21-17(22)12-5-1-2-6-13(12)18(21)23/h1-3,5-6,8-9H,4,7,10-11,19H2. The van der Waals surface area contributed by atoms with Crippen molar-refractivity contribution >= 4 is 23.2 Å². The molecule has 0 unspecified atom stereocenters.